The number of pyridine rings is 1. The lowest BCUT2D eigenvalue weighted by Gasteiger charge is -2.23. The second-order valence-corrected chi connectivity index (χ2v) is 9.00. The van der Waals surface area contributed by atoms with Crippen molar-refractivity contribution in [2.45, 2.75) is 58.0 Å². The highest BCUT2D eigenvalue weighted by atomic mass is 16.5. The Labute approximate surface area is 178 Å². The predicted molar refractivity (Wildman–Crippen MR) is 121 cm³/mol. The van der Waals surface area contributed by atoms with Crippen molar-refractivity contribution in [3.05, 3.63) is 30.1 Å². The fourth-order valence-electron chi connectivity index (χ4n) is 4.87. The van der Waals surface area contributed by atoms with E-state index in [9.17, 15) is 0 Å². The molecule has 1 saturated heterocycles. The third-order valence-corrected chi connectivity index (χ3v) is 6.82. The van der Waals surface area contributed by atoms with Crippen LogP contribution >= 0.6 is 0 Å². The Morgan fingerprint density at radius 1 is 1.17 bits per heavy atom. The first-order valence-corrected chi connectivity index (χ1v) is 11.6. The molecule has 0 unspecified atom stereocenters. The summed E-state index contributed by atoms with van der Waals surface area (Å²) >= 11 is 0. The van der Waals surface area contributed by atoms with Crippen molar-refractivity contribution in [2.75, 3.05) is 25.5 Å². The van der Waals surface area contributed by atoms with E-state index >= 15 is 0 Å². The number of nitrogens with zero attached hydrogens (tertiary/aromatic N) is 3. The first-order valence-electron chi connectivity index (χ1n) is 11.6. The van der Waals surface area contributed by atoms with Crippen LogP contribution in [0.3, 0.4) is 0 Å². The number of nitrogens with one attached hydrogen (secondary N) is 1. The Morgan fingerprint density at radius 3 is 2.83 bits per heavy atom. The van der Waals surface area contributed by atoms with Gasteiger partial charge in [0.25, 0.3) is 0 Å². The molecule has 0 spiro atoms. The number of nitrogens with two attached hydrogens (primary N) is 1. The summed E-state index contributed by atoms with van der Waals surface area (Å²) in [6.45, 7) is 6.18. The minimum Gasteiger partial charge on any atom is -0.382 e. The van der Waals surface area contributed by atoms with Crippen LogP contribution < -0.4 is 11.1 Å². The quantitative estimate of drug-likeness (QED) is 0.592. The summed E-state index contributed by atoms with van der Waals surface area (Å²) in [7, 11) is 0. The maximum Gasteiger partial charge on any atom is 0.152 e. The fraction of sp³-hybridized carbons (Fsp3) is 0.583. The second kappa shape index (κ2) is 8.52. The lowest BCUT2D eigenvalue weighted by atomic mass is 10.1. The third-order valence-electron chi connectivity index (χ3n) is 6.82. The molecule has 1 saturated carbocycles. The molecule has 5 rings (SSSR count). The minimum absolute atomic E-state index is 0.550. The lowest BCUT2D eigenvalue weighted by molar-refractivity contribution is 0.0776. The Balaban J connectivity index is 1.39. The highest BCUT2D eigenvalue weighted by Gasteiger charge is 2.38. The maximum absolute atomic E-state index is 6.33. The fourth-order valence-corrected chi connectivity index (χ4v) is 4.87. The lowest BCUT2D eigenvalue weighted by Crippen LogP contribution is -2.36. The topological polar surface area (TPSA) is 78.0 Å². The maximum atomic E-state index is 6.33. The molecule has 2 aromatic heterocycles. The van der Waals surface area contributed by atoms with Gasteiger partial charge in [0.2, 0.25) is 0 Å². The Morgan fingerprint density at radius 2 is 2.00 bits per heavy atom. The molecule has 2 atom stereocenters. The molecule has 3 heterocycles. The summed E-state index contributed by atoms with van der Waals surface area (Å²) in [6.07, 6.45) is 6.89. The molecule has 6 heteroatoms. The average molecular weight is 408 g/mol. The first kappa shape index (κ1) is 19.8. The molecule has 6 nitrogen and oxygen atoms in total. The van der Waals surface area contributed by atoms with Gasteiger partial charge in [-0.3, -0.25) is 0 Å². The van der Waals surface area contributed by atoms with E-state index in [-0.39, 0.29) is 0 Å². The smallest absolute Gasteiger partial charge is 0.152 e. The number of fused-ring (bicyclic) bond motifs is 3. The van der Waals surface area contributed by atoms with Gasteiger partial charge < -0.3 is 20.4 Å². The summed E-state index contributed by atoms with van der Waals surface area (Å²) in [6, 6.07) is 8.94. The van der Waals surface area contributed by atoms with E-state index in [4.69, 9.17) is 15.5 Å². The summed E-state index contributed by atoms with van der Waals surface area (Å²) in [4.78, 5) is 9.58. The van der Waals surface area contributed by atoms with Crippen LogP contribution in [-0.2, 0) is 17.7 Å². The van der Waals surface area contributed by atoms with Gasteiger partial charge in [-0.2, -0.15) is 0 Å². The normalized spacial score (nSPS) is 22.2. The van der Waals surface area contributed by atoms with E-state index < -0.39 is 0 Å². The molecule has 1 aromatic carbocycles. The molecule has 2 fully saturated rings. The monoisotopic (exact) mass is 407 g/mol. The molecule has 160 valence electrons. The average Bonchev–Trinajstić information content (AvgIpc) is 3.42. The molecule has 2 aliphatic rings. The summed E-state index contributed by atoms with van der Waals surface area (Å²) in [5.41, 5.74) is 9.33. The van der Waals surface area contributed by atoms with Gasteiger partial charge in [0, 0.05) is 37.6 Å². The number of para-hydroxylation sites is 1. The number of hydrogen-bond acceptors (Lipinski definition) is 5. The summed E-state index contributed by atoms with van der Waals surface area (Å²) in [5.74, 6) is 3.19. The number of aryl methyl sites for hydroxylation is 1. The van der Waals surface area contributed by atoms with Crippen LogP contribution in [0.15, 0.2) is 24.3 Å². The van der Waals surface area contributed by atoms with Crippen molar-refractivity contribution < 1.29 is 4.74 Å². The third kappa shape index (κ3) is 3.91. The van der Waals surface area contributed by atoms with E-state index in [2.05, 4.69) is 33.9 Å². The zero-order valence-electron chi connectivity index (χ0n) is 17.9. The van der Waals surface area contributed by atoms with Crippen LogP contribution in [0.2, 0.25) is 0 Å². The van der Waals surface area contributed by atoms with Crippen molar-refractivity contribution >= 4 is 27.8 Å². The predicted octanol–water partition coefficient (Wildman–Crippen LogP) is 3.91. The van der Waals surface area contributed by atoms with Crippen LogP contribution in [-0.4, -0.2) is 40.3 Å². The van der Waals surface area contributed by atoms with Gasteiger partial charge in [0.1, 0.15) is 11.3 Å². The molecule has 1 aliphatic heterocycles. The van der Waals surface area contributed by atoms with E-state index in [1.807, 2.05) is 12.1 Å². The van der Waals surface area contributed by atoms with Crippen LogP contribution in [0.5, 0.6) is 0 Å². The van der Waals surface area contributed by atoms with Crippen molar-refractivity contribution in [2.24, 2.45) is 11.8 Å². The molecule has 0 amide bonds. The largest absolute Gasteiger partial charge is 0.382 e. The number of imidazole rings is 1. The SMILES string of the molecule is CCCCc1nc2c(N)nc3ccccc3c2n1C[C@H]1C[C@@H]1CNC1CCOCC1. The van der Waals surface area contributed by atoms with Gasteiger partial charge in [0.15, 0.2) is 5.82 Å². The zero-order valence-corrected chi connectivity index (χ0v) is 17.9. The number of benzene rings is 1. The molecule has 0 bridgehead atoms. The minimum atomic E-state index is 0.550. The van der Waals surface area contributed by atoms with E-state index in [0.29, 0.717) is 17.8 Å². The molecule has 30 heavy (non-hydrogen) atoms. The van der Waals surface area contributed by atoms with Gasteiger partial charge in [-0.25, -0.2) is 9.97 Å². The van der Waals surface area contributed by atoms with E-state index in [1.54, 1.807) is 0 Å². The number of unbranched alkanes of at least 4 members (excludes halogenated alkanes) is 1. The Kier molecular flexibility index (Phi) is 5.61. The van der Waals surface area contributed by atoms with Gasteiger partial charge in [-0.1, -0.05) is 31.5 Å². The summed E-state index contributed by atoms with van der Waals surface area (Å²) in [5, 5.41) is 4.94. The van der Waals surface area contributed by atoms with Gasteiger partial charge in [-0.05, 0) is 50.1 Å². The van der Waals surface area contributed by atoms with Crippen LogP contribution in [0.1, 0.15) is 44.9 Å². The van der Waals surface area contributed by atoms with Crippen molar-refractivity contribution in [1.29, 1.82) is 0 Å². The van der Waals surface area contributed by atoms with Gasteiger partial charge >= 0.3 is 0 Å². The molecular formula is C24H33N5O. The second-order valence-electron chi connectivity index (χ2n) is 9.00. The number of nitrogen functional groups attached to an aromatic ring is 1. The highest BCUT2D eigenvalue weighted by Crippen LogP contribution is 2.41. The number of rotatable bonds is 8. The van der Waals surface area contributed by atoms with Crippen LogP contribution in [0, 0.1) is 11.8 Å². The van der Waals surface area contributed by atoms with Gasteiger partial charge in [0.05, 0.1) is 11.0 Å². The van der Waals surface area contributed by atoms with Crippen LogP contribution in [0.25, 0.3) is 21.9 Å². The van der Waals surface area contributed by atoms with Crippen molar-refractivity contribution in [3.63, 3.8) is 0 Å². The standard InChI is InChI=1S/C24H33N5O/c1-2-3-8-21-28-22-23(19-6-4-5-7-20(19)27-24(22)25)29(21)15-17-13-16(17)14-26-18-9-11-30-12-10-18/h4-7,16-18,26H,2-3,8-15H2,1H3,(H2,25,27)/t16-,17-/m1/s1. The number of anilines is 1. The molecule has 0 radical (unpaired) electrons. The van der Waals surface area contributed by atoms with E-state index in [0.717, 1.165) is 74.3 Å². The molecule has 3 aromatic rings. The number of ether oxygens (including phenoxy) is 1. The highest BCUT2D eigenvalue weighted by molar-refractivity contribution is 6.06. The number of aromatic nitrogens is 3. The van der Waals surface area contributed by atoms with Crippen molar-refractivity contribution in [1.82, 2.24) is 19.9 Å². The zero-order chi connectivity index (χ0) is 20.5. The Bertz CT molecular complexity index is 1020. The van der Waals surface area contributed by atoms with Crippen molar-refractivity contribution in [3.8, 4) is 0 Å². The molecule has 3 N–H and O–H groups in total. The van der Waals surface area contributed by atoms with Gasteiger partial charge in [-0.15, -0.1) is 0 Å². The molecule has 1 aliphatic carbocycles. The summed E-state index contributed by atoms with van der Waals surface area (Å²) < 4.78 is 7.94. The van der Waals surface area contributed by atoms with E-state index in [1.165, 1.54) is 24.2 Å². The van der Waals surface area contributed by atoms with Crippen LogP contribution in [0.4, 0.5) is 5.82 Å². The number of hydrogen-bond donors (Lipinski definition) is 2. The Hall–Kier alpha value is -2.18. The first-order chi connectivity index (χ1) is 14.7. The molecular weight excluding hydrogens is 374 g/mol.